The number of carbonyl (C=O) groups is 1. The molecule has 0 spiro atoms. The molecule has 3 aromatic heterocycles. The van der Waals surface area contributed by atoms with Crippen molar-refractivity contribution in [3.63, 3.8) is 0 Å². The minimum absolute atomic E-state index is 0.121. The van der Waals surface area contributed by atoms with E-state index in [0.29, 0.717) is 47.6 Å². The first kappa shape index (κ1) is 20.8. The molecule has 1 unspecified atom stereocenters. The van der Waals surface area contributed by atoms with Crippen molar-refractivity contribution in [2.45, 2.75) is 33.2 Å². The Morgan fingerprint density at radius 3 is 2.70 bits per heavy atom. The largest absolute Gasteiger partial charge is 0.477 e. The van der Waals surface area contributed by atoms with Gasteiger partial charge in [0.05, 0.1) is 36.3 Å². The molecule has 1 saturated heterocycles. The van der Waals surface area contributed by atoms with E-state index >= 15 is 0 Å². The fourth-order valence-electron chi connectivity index (χ4n) is 3.82. The number of rotatable bonds is 6. The molecule has 10 nitrogen and oxygen atoms in total. The Kier molecular flexibility index (Phi) is 5.33. The molecule has 0 aliphatic carbocycles. The van der Waals surface area contributed by atoms with Crippen molar-refractivity contribution in [3.8, 4) is 23.0 Å². The average Bonchev–Trinajstić information content (AvgIpc) is 3.48. The van der Waals surface area contributed by atoms with Gasteiger partial charge in [-0.1, -0.05) is 5.16 Å². The lowest BCUT2D eigenvalue weighted by molar-refractivity contribution is 0.0435. The lowest BCUT2D eigenvalue weighted by Crippen LogP contribution is -2.46. The normalized spacial score (nSPS) is 15.4. The predicted molar refractivity (Wildman–Crippen MR) is 118 cm³/mol. The number of nitrogens with zero attached hydrogens (tertiary/aromatic N) is 7. The van der Waals surface area contributed by atoms with Crippen LogP contribution in [0.1, 0.15) is 46.7 Å². The Labute approximate surface area is 190 Å². The van der Waals surface area contributed by atoms with Crippen molar-refractivity contribution in [1.29, 1.82) is 0 Å². The number of aryl methyl sites for hydroxylation is 2. The van der Waals surface area contributed by atoms with Crippen molar-refractivity contribution in [3.05, 3.63) is 65.4 Å². The zero-order valence-electron chi connectivity index (χ0n) is 18.6. The molecule has 168 valence electrons. The molecule has 0 bridgehead atoms. The third kappa shape index (κ3) is 3.73. The van der Waals surface area contributed by atoms with Crippen LogP contribution < -0.4 is 4.74 Å². The number of hydrogen-bond acceptors (Lipinski definition) is 8. The molecule has 1 fully saturated rings. The minimum atomic E-state index is -0.276. The highest BCUT2D eigenvalue weighted by atomic mass is 16.5. The molecule has 4 aromatic rings. The van der Waals surface area contributed by atoms with Gasteiger partial charge in [0.1, 0.15) is 5.56 Å². The summed E-state index contributed by atoms with van der Waals surface area (Å²) in [7, 11) is 0. The maximum atomic E-state index is 13.5. The molecule has 1 amide bonds. The minimum Gasteiger partial charge on any atom is -0.477 e. The third-order valence-electron chi connectivity index (χ3n) is 5.78. The van der Waals surface area contributed by atoms with Gasteiger partial charge in [-0.15, -0.1) is 0 Å². The smallest absolute Gasteiger partial charge is 0.263 e. The summed E-state index contributed by atoms with van der Waals surface area (Å²) in [4.78, 5) is 25.6. The van der Waals surface area contributed by atoms with Gasteiger partial charge in [-0.05, 0) is 62.6 Å². The highest BCUT2D eigenvalue weighted by Crippen LogP contribution is 2.36. The summed E-state index contributed by atoms with van der Waals surface area (Å²) >= 11 is 0. The second-order valence-electron chi connectivity index (χ2n) is 7.82. The number of pyridine rings is 1. The monoisotopic (exact) mass is 445 g/mol. The standard InChI is InChI=1S/C23H23N7O3/c1-4-32-21-16(6-5-8-24-21)22-27-20(28-33-22)18-7-11-29(18)23(31)17-12-14(2)15(3)13-19(17)30-25-9-10-26-30/h5-6,8-10,12-13,18H,4,7,11H2,1-3H3. The van der Waals surface area contributed by atoms with E-state index < -0.39 is 0 Å². The van der Waals surface area contributed by atoms with Gasteiger partial charge in [0.15, 0.2) is 5.82 Å². The van der Waals surface area contributed by atoms with E-state index in [0.717, 1.165) is 17.5 Å². The molecule has 1 aliphatic heterocycles. The van der Waals surface area contributed by atoms with Crippen LogP contribution in [0.15, 0.2) is 47.4 Å². The first-order chi connectivity index (χ1) is 16.1. The van der Waals surface area contributed by atoms with Gasteiger partial charge in [0.25, 0.3) is 11.8 Å². The van der Waals surface area contributed by atoms with Crippen LogP contribution in [-0.4, -0.2) is 54.1 Å². The van der Waals surface area contributed by atoms with Crippen LogP contribution in [0.5, 0.6) is 5.88 Å². The molecule has 33 heavy (non-hydrogen) atoms. The number of carbonyl (C=O) groups excluding carboxylic acids is 1. The van der Waals surface area contributed by atoms with Crippen LogP contribution in [0.25, 0.3) is 17.1 Å². The highest BCUT2D eigenvalue weighted by molar-refractivity contribution is 5.98. The van der Waals surface area contributed by atoms with E-state index in [1.165, 1.54) is 4.80 Å². The predicted octanol–water partition coefficient (Wildman–Crippen LogP) is 3.32. The molecule has 10 heteroatoms. The van der Waals surface area contributed by atoms with E-state index in [4.69, 9.17) is 9.26 Å². The maximum absolute atomic E-state index is 13.5. The zero-order valence-corrected chi connectivity index (χ0v) is 18.6. The number of aromatic nitrogens is 6. The van der Waals surface area contributed by atoms with Crippen molar-refractivity contribution in [2.75, 3.05) is 13.2 Å². The Morgan fingerprint density at radius 2 is 1.97 bits per heavy atom. The van der Waals surface area contributed by atoms with Crippen molar-refractivity contribution < 1.29 is 14.1 Å². The van der Waals surface area contributed by atoms with E-state index in [1.807, 2.05) is 39.0 Å². The highest BCUT2D eigenvalue weighted by Gasteiger charge is 2.38. The van der Waals surface area contributed by atoms with Crippen LogP contribution in [-0.2, 0) is 0 Å². The molecule has 5 rings (SSSR count). The topological polar surface area (TPSA) is 112 Å². The first-order valence-corrected chi connectivity index (χ1v) is 10.8. The van der Waals surface area contributed by atoms with Gasteiger partial charge in [-0.3, -0.25) is 4.79 Å². The van der Waals surface area contributed by atoms with Crippen molar-refractivity contribution in [2.24, 2.45) is 0 Å². The van der Waals surface area contributed by atoms with Gasteiger partial charge >= 0.3 is 0 Å². The van der Waals surface area contributed by atoms with E-state index in [2.05, 4.69) is 25.3 Å². The van der Waals surface area contributed by atoms with Crippen LogP contribution in [0.4, 0.5) is 0 Å². The molecule has 0 N–H and O–H groups in total. The third-order valence-corrected chi connectivity index (χ3v) is 5.78. The second-order valence-corrected chi connectivity index (χ2v) is 7.82. The summed E-state index contributed by atoms with van der Waals surface area (Å²) < 4.78 is 11.1. The summed E-state index contributed by atoms with van der Waals surface area (Å²) in [5.74, 6) is 1.08. The van der Waals surface area contributed by atoms with E-state index in [9.17, 15) is 4.79 Å². The first-order valence-electron chi connectivity index (χ1n) is 10.8. The van der Waals surface area contributed by atoms with E-state index in [-0.39, 0.29) is 11.9 Å². The Bertz CT molecular complexity index is 1300. The van der Waals surface area contributed by atoms with Crippen LogP contribution in [0.2, 0.25) is 0 Å². The number of likely N-dealkylation sites (tertiary alicyclic amines) is 1. The maximum Gasteiger partial charge on any atom is 0.263 e. The van der Waals surface area contributed by atoms with Gasteiger partial charge in [0.2, 0.25) is 5.88 Å². The summed E-state index contributed by atoms with van der Waals surface area (Å²) in [6, 6.07) is 7.14. The van der Waals surface area contributed by atoms with Crippen LogP contribution >= 0.6 is 0 Å². The number of ether oxygens (including phenoxy) is 1. The number of benzene rings is 1. The van der Waals surface area contributed by atoms with Gasteiger partial charge in [-0.25, -0.2) is 4.98 Å². The molecule has 1 aromatic carbocycles. The number of amides is 1. The van der Waals surface area contributed by atoms with Gasteiger partial charge < -0.3 is 14.2 Å². The Hall–Kier alpha value is -4.08. The summed E-state index contributed by atoms with van der Waals surface area (Å²) in [5, 5.41) is 12.6. The zero-order chi connectivity index (χ0) is 22.9. The molecule has 4 heterocycles. The van der Waals surface area contributed by atoms with Gasteiger partial charge in [0, 0.05) is 12.7 Å². The molecular weight excluding hydrogens is 422 g/mol. The fourth-order valence-corrected chi connectivity index (χ4v) is 3.82. The van der Waals surface area contributed by atoms with Crippen LogP contribution in [0, 0.1) is 13.8 Å². The summed E-state index contributed by atoms with van der Waals surface area (Å²) in [5.41, 5.74) is 3.88. The van der Waals surface area contributed by atoms with Gasteiger partial charge in [-0.2, -0.15) is 20.0 Å². The van der Waals surface area contributed by atoms with Crippen LogP contribution in [0.3, 0.4) is 0 Å². The lowest BCUT2D eigenvalue weighted by atomic mass is 9.97. The average molecular weight is 445 g/mol. The second kappa shape index (κ2) is 8.45. The quantitative estimate of drug-likeness (QED) is 0.444. The molecule has 1 aliphatic rings. The summed E-state index contributed by atoms with van der Waals surface area (Å²) in [6.45, 7) is 6.94. The van der Waals surface area contributed by atoms with Crippen molar-refractivity contribution in [1.82, 2.24) is 35.0 Å². The van der Waals surface area contributed by atoms with Crippen molar-refractivity contribution >= 4 is 5.91 Å². The SMILES string of the molecule is CCOc1ncccc1-c1nc(C2CCN2C(=O)c2cc(C)c(C)cc2-n2nccn2)no1. The summed E-state index contributed by atoms with van der Waals surface area (Å²) in [6.07, 6.45) is 5.57. The molecule has 1 atom stereocenters. The fraction of sp³-hybridized carbons (Fsp3) is 0.304. The lowest BCUT2D eigenvalue weighted by Gasteiger charge is -2.39. The number of hydrogen-bond donors (Lipinski definition) is 0. The Morgan fingerprint density at radius 1 is 1.18 bits per heavy atom. The molecule has 0 saturated carbocycles. The van der Waals surface area contributed by atoms with E-state index in [1.54, 1.807) is 29.6 Å². The Balaban J connectivity index is 1.44. The molecule has 0 radical (unpaired) electrons. The molecular formula is C23H23N7O3.